The number of nitrogens with two attached hydrogens (primary N) is 1. The Morgan fingerprint density at radius 3 is 2.82 bits per heavy atom. The lowest BCUT2D eigenvalue weighted by atomic mass is 10.2. The Kier molecular flexibility index (Phi) is 1.80. The third-order valence-corrected chi connectivity index (χ3v) is 1.37. The monoisotopic (exact) mass is 156 g/mol. The van der Waals surface area contributed by atoms with Crippen molar-refractivity contribution in [3.05, 3.63) is 11.3 Å². The van der Waals surface area contributed by atoms with Crippen molar-refractivity contribution >= 4 is 11.8 Å². The SMILES string of the molecule is CCc1c(N)noc1C(=O)O. The molecule has 1 rings (SSSR count). The van der Waals surface area contributed by atoms with Gasteiger partial charge >= 0.3 is 5.97 Å². The molecule has 1 heterocycles. The number of hydrogen-bond donors (Lipinski definition) is 2. The van der Waals surface area contributed by atoms with Crippen molar-refractivity contribution in [2.75, 3.05) is 5.73 Å². The van der Waals surface area contributed by atoms with Gasteiger partial charge < -0.3 is 15.4 Å². The zero-order valence-corrected chi connectivity index (χ0v) is 6.00. The van der Waals surface area contributed by atoms with Crippen LogP contribution in [0, 0.1) is 0 Å². The Bertz CT molecular complexity index is 279. The van der Waals surface area contributed by atoms with Crippen LogP contribution in [0.1, 0.15) is 23.0 Å². The molecule has 0 spiro atoms. The summed E-state index contributed by atoms with van der Waals surface area (Å²) < 4.78 is 4.47. The Hall–Kier alpha value is -1.52. The molecule has 1 aromatic heterocycles. The van der Waals surface area contributed by atoms with E-state index in [-0.39, 0.29) is 11.6 Å². The third kappa shape index (κ3) is 1.17. The van der Waals surface area contributed by atoms with Gasteiger partial charge in [0.2, 0.25) is 5.76 Å². The highest BCUT2D eigenvalue weighted by Gasteiger charge is 2.17. The summed E-state index contributed by atoms with van der Waals surface area (Å²) in [6.07, 6.45) is 0.511. The minimum absolute atomic E-state index is 0.157. The lowest BCUT2D eigenvalue weighted by Crippen LogP contribution is -1.99. The second kappa shape index (κ2) is 2.61. The van der Waals surface area contributed by atoms with Crippen molar-refractivity contribution in [1.82, 2.24) is 5.16 Å². The van der Waals surface area contributed by atoms with E-state index in [9.17, 15) is 4.79 Å². The topological polar surface area (TPSA) is 89.4 Å². The Morgan fingerprint density at radius 1 is 1.82 bits per heavy atom. The molecule has 1 aromatic rings. The normalized spacial score (nSPS) is 9.91. The number of aromatic nitrogens is 1. The second-order valence-corrected chi connectivity index (χ2v) is 2.03. The first-order valence-corrected chi connectivity index (χ1v) is 3.14. The van der Waals surface area contributed by atoms with Crippen molar-refractivity contribution in [3.63, 3.8) is 0 Å². The first-order valence-electron chi connectivity index (χ1n) is 3.14. The maximum Gasteiger partial charge on any atom is 0.375 e. The van der Waals surface area contributed by atoms with Gasteiger partial charge in [-0.1, -0.05) is 12.1 Å². The van der Waals surface area contributed by atoms with Crippen LogP contribution in [-0.4, -0.2) is 16.2 Å². The van der Waals surface area contributed by atoms with Crippen LogP contribution in [0.3, 0.4) is 0 Å². The van der Waals surface area contributed by atoms with Gasteiger partial charge in [-0.2, -0.15) is 0 Å². The molecular formula is C6H8N2O3. The van der Waals surface area contributed by atoms with Crippen molar-refractivity contribution in [2.45, 2.75) is 13.3 Å². The quantitative estimate of drug-likeness (QED) is 0.651. The number of nitrogens with zero attached hydrogens (tertiary/aromatic N) is 1. The molecule has 5 heteroatoms. The van der Waals surface area contributed by atoms with E-state index in [0.717, 1.165) is 0 Å². The molecule has 0 aliphatic carbocycles. The van der Waals surface area contributed by atoms with Crippen LogP contribution < -0.4 is 5.73 Å². The van der Waals surface area contributed by atoms with Gasteiger partial charge in [-0.25, -0.2) is 4.79 Å². The van der Waals surface area contributed by atoms with Crippen LogP contribution in [0.2, 0.25) is 0 Å². The van der Waals surface area contributed by atoms with Crippen LogP contribution in [0.25, 0.3) is 0 Å². The van der Waals surface area contributed by atoms with Gasteiger partial charge in [0.05, 0.1) is 5.56 Å². The molecule has 11 heavy (non-hydrogen) atoms. The van der Waals surface area contributed by atoms with Crippen LogP contribution in [-0.2, 0) is 6.42 Å². The summed E-state index contributed by atoms with van der Waals surface area (Å²) in [6, 6.07) is 0. The summed E-state index contributed by atoms with van der Waals surface area (Å²) >= 11 is 0. The minimum atomic E-state index is -1.13. The Morgan fingerprint density at radius 2 is 2.45 bits per heavy atom. The fraction of sp³-hybridized carbons (Fsp3) is 0.333. The third-order valence-electron chi connectivity index (χ3n) is 1.37. The summed E-state index contributed by atoms with van der Waals surface area (Å²) in [6.45, 7) is 1.79. The van der Waals surface area contributed by atoms with E-state index >= 15 is 0 Å². The highest BCUT2D eigenvalue weighted by Crippen LogP contribution is 2.16. The van der Waals surface area contributed by atoms with E-state index in [0.29, 0.717) is 12.0 Å². The highest BCUT2D eigenvalue weighted by atomic mass is 16.5. The molecule has 0 unspecified atom stereocenters. The first-order chi connectivity index (χ1) is 5.16. The molecule has 0 fully saturated rings. The van der Waals surface area contributed by atoms with Gasteiger partial charge in [0.25, 0.3) is 0 Å². The highest BCUT2D eigenvalue weighted by molar-refractivity contribution is 5.87. The number of carboxylic acids is 1. The number of nitrogen functional groups attached to an aromatic ring is 1. The van der Waals surface area contributed by atoms with Crippen molar-refractivity contribution in [3.8, 4) is 0 Å². The van der Waals surface area contributed by atoms with Gasteiger partial charge in [-0.15, -0.1) is 0 Å². The molecule has 0 radical (unpaired) electrons. The molecule has 0 saturated heterocycles. The molecule has 0 atom stereocenters. The molecule has 5 nitrogen and oxygen atoms in total. The maximum atomic E-state index is 10.4. The van der Waals surface area contributed by atoms with E-state index in [1.165, 1.54) is 0 Å². The van der Waals surface area contributed by atoms with E-state index in [1.54, 1.807) is 6.92 Å². The zero-order valence-electron chi connectivity index (χ0n) is 6.00. The van der Waals surface area contributed by atoms with E-state index in [4.69, 9.17) is 10.8 Å². The first kappa shape index (κ1) is 7.59. The molecule has 0 aliphatic rings. The van der Waals surface area contributed by atoms with Gasteiger partial charge in [0, 0.05) is 0 Å². The summed E-state index contributed by atoms with van der Waals surface area (Å²) in [7, 11) is 0. The number of rotatable bonds is 2. The van der Waals surface area contributed by atoms with Gasteiger partial charge in [0.15, 0.2) is 5.82 Å². The fourth-order valence-corrected chi connectivity index (χ4v) is 0.831. The second-order valence-electron chi connectivity index (χ2n) is 2.03. The number of hydrogen-bond acceptors (Lipinski definition) is 4. The predicted molar refractivity (Wildman–Crippen MR) is 37.3 cm³/mol. The lowest BCUT2D eigenvalue weighted by Gasteiger charge is -1.90. The van der Waals surface area contributed by atoms with Crippen LogP contribution in [0.4, 0.5) is 5.82 Å². The number of carbonyl (C=O) groups is 1. The lowest BCUT2D eigenvalue weighted by molar-refractivity contribution is 0.0650. The summed E-state index contributed by atoms with van der Waals surface area (Å²) in [5, 5.41) is 11.9. The molecule has 0 saturated carbocycles. The average Bonchev–Trinajstić information content (AvgIpc) is 2.30. The zero-order chi connectivity index (χ0) is 8.43. The summed E-state index contributed by atoms with van der Waals surface area (Å²) in [4.78, 5) is 10.4. The molecule has 0 amide bonds. The molecule has 0 aromatic carbocycles. The Labute approximate surface area is 62.8 Å². The minimum Gasteiger partial charge on any atom is -0.475 e. The van der Waals surface area contributed by atoms with Gasteiger partial charge in [0.1, 0.15) is 0 Å². The van der Waals surface area contributed by atoms with Crippen molar-refractivity contribution in [1.29, 1.82) is 0 Å². The smallest absolute Gasteiger partial charge is 0.375 e. The fourth-order valence-electron chi connectivity index (χ4n) is 0.831. The largest absolute Gasteiger partial charge is 0.475 e. The predicted octanol–water partition coefficient (Wildman–Crippen LogP) is 0.517. The van der Waals surface area contributed by atoms with Crippen LogP contribution in [0.5, 0.6) is 0 Å². The summed E-state index contributed by atoms with van der Waals surface area (Å²) in [5.41, 5.74) is 5.78. The van der Waals surface area contributed by atoms with E-state index < -0.39 is 5.97 Å². The van der Waals surface area contributed by atoms with Crippen molar-refractivity contribution < 1.29 is 14.4 Å². The average molecular weight is 156 g/mol. The molecule has 0 aliphatic heterocycles. The molecule has 60 valence electrons. The number of anilines is 1. The van der Waals surface area contributed by atoms with E-state index in [1.807, 2.05) is 0 Å². The van der Waals surface area contributed by atoms with Crippen LogP contribution >= 0.6 is 0 Å². The van der Waals surface area contributed by atoms with Crippen LogP contribution in [0.15, 0.2) is 4.52 Å². The summed E-state index contributed by atoms with van der Waals surface area (Å²) in [5.74, 6) is -1.14. The van der Waals surface area contributed by atoms with Gasteiger partial charge in [-0.3, -0.25) is 0 Å². The molecular weight excluding hydrogens is 148 g/mol. The Balaban J connectivity index is 3.15. The van der Waals surface area contributed by atoms with Crippen molar-refractivity contribution in [2.24, 2.45) is 0 Å². The standard InChI is InChI=1S/C6H8N2O3/c1-2-3-4(6(9)10)11-8-5(3)7/h2H2,1H3,(H2,7,8)(H,9,10). The van der Waals surface area contributed by atoms with E-state index in [2.05, 4.69) is 9.68 Å². The van der Waals surface area contributed by atoms with Gasteiger partial charge in [-0.05, 0) is 6.42 Å². The number of carboxylic acid groups (broad SMARTS) is 1. The maximum absolute atomic E-state index is 10.4. The molecule has 3 N–H and O–H groups in total. The molecule has 0 bridgehead atoms. The number of aromatic carboxylic acids is 1.